The molecule has 1 atom stereocenters. The Bertz CT molecular complexity index is 1840. The predicted molar refractivity (Wildman–Crippen MR) is 194 cm³/mol. The van der Waals surface area contributed by atoms with Crippen LogP contribution in [0.25, 0.3) is 0 Å². The molecule has 13 heteroatoms. The minimum atomic E-state index is -1.31. The molecule has 0 heterocycles. The molecular weight excluding hydrogens is 705 g/mol. The van der Waals surface area contributed by atoms with Crippen LogP contribution in [0.3, 0.4) is 0 Å². The van der Waals surface area contributed by atoms with E-state index in [1.165, 1.54) is 30.3 Å². The van der Waals surface area contributed by atoms with Gasteiger partial charge in [0.05, 0.1) is 32.8 Å². The minimum Gasteiger partial charge on any atom is -0.508 e. The van der Waals surface area contributed by atoms with Gasteiger partial charge in [-0.2, -0.15) is 0 Å². The predicted octanol–water partition coefficient (Wildman–Crippen LogP) is 7.78. The molecule has 0 aliphatic heterocycles. The smallest absolute Gasteiger partial charge is 0.326 e. The van der Waals surface area contributed by atoms with Gasteiger partial charge in [0.25, 0.3) is 17.7 Å². The number of phenols is 1. The van der Waals surface area contributed by atoms with Crippen molar-refractivity contribution in [1.82, 2.24) is 10.6 Å². The molecule has 10 nitrogen and oxygen atoms in total. The van der Waals surface area contributed by atoms with Crippen LogP contribution in [0.1, 0.15) is 68.9 Å². The SMILES string of the molecule is CC(C)CCCOc1cc(Cl)c(C(=O)Nc2ccc(C[C@H](NC(=O)c3ccc(C(=O)NCc4cccc(O)c4)cc3Cl)C(=O)O)cc2)c(Cl)c1. The molecule has 0 bridgehead atoms. The van der Waals surface area contributed by atoms with Gasteiger partial charge in [0, 0.05) is 24.2 Å². The minimum absolute atomic E-state index is 0.0106. The molecule has 5 N–H and O–H groups in total. The Labute approximate surface area is 304 Å². The van der Waals surface area contributed by atoms with Gasteiger partial charge in [-0.25, -0.2) is 4.79 Å². The van der Waals surface area contributed by atoms with Crippen LogP contribution in [-0.2, 0) is 17.8 Å². The van der Waals surface area contributed by atoms with Crippen LogP contribution >= 0.6 is 34.8 Å². The second kappa shape index (κ2) is 17.8. The zero-order valence-electron chi connectivity index (χ0n) is 27.3. The molecule has 0 aliphatic rings. The molecule has 0 spiro atoms. The molecule has 0 fully saturated rings. The van der Waals surface area contributed by atoms with Crippen molar-refractivity contribution in [2.24, 2.45) is 5.92 Å². The molecule has 50 heavy (non-hydrogen) atoms. The molecular formula is C37H36Cl3N3O7. The Hall–Kier alpha value is -4.77. The Balaban J connectivity index is 1.33. The first-order valence-electron chi connectivity index (χ1n) is 15.7. The number of amides is 3. The van der Waals surface area contributed by atoms with Crippen LogP contribution in [0.2, 0.25) is 15.1 Å². The third-order valence-electron chi connectivity index (χ3n) is 7.53. The van der Waals surface area contributed by atoms with Crippen molar-refractivity contribution in [3.8, 4) is 11.5 Å². The molecule has 0 aliphatic carbocycles. The van der Waals surface area contributed by atoms with Gasteiger partial charge < -0.3 is 30.9 Å². The van der Waals surface area contributed by atoms with Crippen LogP contribution in [0, 0.1) is 5.92 Å². The summed E-state index contributed by atoms with van der Waals surface area (Å²) in [6, 6.07) is 18.7. The van der Waals surface area contributed by atoms with E-state index in [0.29, 0.717) is 35.1 Å². The molecule has 4 aromatic carbocycles. The van der Waals surface area contributed by atoms with Crippen molar-refractivity contribution >= 4 is 64.2 Å². The van der Waals surface area contributed by atoms with E-state index in [1.54, 1.807) is 48.5 Å². The number of carboxylic acids is 1. The average molecular weight is 741 g/mol. The van der Waals surface area contributed by atoms with Crippen molar-refractivity contribution in [1.29, 1.82) is 0 Å². The Morgan fingerprint density at radius 3 is 2.12 bits per heavy atom. The second-order valence-corrected chi connectivity index (χ2v) is 13.1. The molecule has 0 unspecified atom stereocenters. The maximum absolute atomic E-state index is 13.0. The summed E-state index contributed by atoms with van der Waals surface area (Å²) >= 11 is 19.1. The van der Waals surface area contributed by atoms with Crippen LogP contribution in [-0.4, -0.2) is 46.6 Å². The quantitative estimate of drug-likeness (QED) is 0.0781. The van der Waals surface area contributed by atoms with Gasteiger partial charge in [0.15, 0.2) is 0 Å². The number of halogens is 3. The number of hydrogen-bond acceptors (Lipinski definition) is 6. The van der Waals surface area contributed by atoms with Gasteiger partial charge in [-0.05, 0) is 84.5 Å². The molecule has 4 rings (SSSR count). The molecule has 3 amide bonds. The molecule has 262 valence electrons. The number of carboxylic acid groups (broad SMARTS) is 1. The second-order valence-electron chi connectivity index (χ2n) is 11.9. The topological polar surface area (TPSA) is 154 Å². The summed E-state index contributed by atoms with van der Waals surface area (Å²) in [5, 5.41) is 27.6. The Morgan fingerprint density at radius 1 is 0.800 bits per heavy atom. The Kier molecular flexibility index (Phi) is 13.5. The number of phenolic OH excluding ortho intramolecular Hbond substituents is 1. The first-order valence-corrected chi connectivity index (χ1v) is 16.9. The number of ether oxygens (including phenoxy) is 1. The lowest BCUT2D eigenvalue weighted by Gasteiger charge is -2.16. The van der Waals surface area contributed by atoms with Crippen LogP contribution in [0.5, 0.6) is 11.5 Å². The molecule has 0 aromatic heterocycles. The van der Waals surface area contributed by atoms with Crippen LogP contribution in [0.4, 0.5) is 5.69 Å². The van der Waals surface area contributed by atoms with E-state index < -0.39 is 29.7 Å². The van der Waals surface area contributed by atoms with Gasteiger partial charge in [-0.3, -0.25) is 14.4 Å². The fourth-order valence-electron chi connectivity index (χ4n) is 4.91. The number of carbonyl (C=O) groups excluding carboxylic acids is 3. The summed E-state index contributed by atoms with van der Waals surface area (Å²) in [5.74, 6) is -1.89. The van der Waals surface area contributed by atoms with E-state index in [0.717, 1.165) is 12.8 Å². The van der Waals surface area contributed by atoms with Crippen LogP contribution < -0.4 is 20.7 Å². The van der Waals surface area contributed by atoms with E-state index in [4.69, 9.17) is 39.5 Å². The Morgan fingerprint density at radius 2 is 1.50 bits per heavy atom. The number of carbonyl (C=O) groups is 4. The molecule has 0 saturated carbocycles. The summed E-state index contributed by atoms with van der Waals surface area (Å²) in [4.78, 5) is 50.7. The van der Waals surface area contributed by atoms with E-state index in [1.807, 2.05) is 0 Å². The first-order chi connectivity index (χ1) is 23.8. The van der Waals surface area contributed by atoms with Crippen molar-refractivity contribution in [3.05, 3.63) is 122 Å². The number of hydrogen-bond donors (Lipinski definition) is 5. The highest BCUT2D eigenvalue weighted by Crippen LogP contribution is 2.31. The zero-order valence-corrected chi connectivity index (χ0v) is 29.5. The summed E-state index contributed by atoms with van der Waals surface area (Å²) in [6.07, 6.45) is 1.82. The largest absolute Gasteiger partial charge is 0.508 e. The molecule has 0 saturated heterocycles. The fourth-order valence-corrected chi connectivity index (χ4v) is 5.82. The average Bonchev–Trinajstić information content (AvgIpc) is 3.05. The highest BCUT2D eigenvalue weighted by molar-refractivity contribution is 6.40. The fraction of sp³-hybridized carbons (Fsp3) is 0.243. The number of rotatable bonds is 15. The number of aliphatic carboxylic acids is 1. The van der Waals surface area contributed by atoms with Crippen LogP contribution in [0.15, 0.2) is 78.9 Å². The first kappa shape index (κ1) is 38.0. The van der Waals surface area contributed by atoms with Crippen molar-refractivity contribution in [3.63, 3.8) is 0 Å². The summed E-state index contributed by atoms with van der Waals surface area (Å²) in [5.41, 5.74) is 1.93. The number of nitrogens with one attached hydrogen (secondary N) is 3. The van der Waals surface area contributed by atoms with Crippen molar-refractivity contribution in [2.45, 2.75) is 45.7 Å². The van der Waals surface area contributed by atoms with E-state index >= 15 is 0 Å². The zero-order chi connectivity index (χ0) is 36.4. The number of benzene rings is 4. The van der Waals surface area contributed by atoms with Gasteiger partial charge in [0.2, 0.25) is 0 Å². The molecule has 0 radical (unpaired) electrons. The monoisotopic (exact) mass is 739 g/mol. The normalized spacial score (nSPS) is 11.5. The summed E-state index contributed by atoms with van der Waals surface area (Å²) in [7, 11) is 0. The van der Waals surface area contributed by atoms with Gasteiger partial charge in [0.1, 0.15) is 17.5 Å². The van der Waals surface area contributed by atoms with Gasteiger partial charge in [-0.15, -0.1) is 0 Å². The lowest BCUT2D eigenvalue weighted by molar-refractivity contribution is -0.139. The van der Waals surface area contributed by atoms with Gasteiger partial charge >= 0.3 is 5.97 Å². The maximum Gasteiger partial charge on any atom is 0.326 e. The lowest BCUT2D eigenvalue weighted by Crippen LogP contribution is -2.42. The summed E-state index contributed by atoms with van der Waals surface area (Å²) in [6.45, 7) is 4.93. The van der Waals surface area contributed by atoms with E-state index in [2.05, 4.69) is 29.8 Å². The summed E-state index contributed by atoms with van der Waals surface area (Å²) < 4.78 is 5.73. The standard InChI is InChI=1S/C37H36Cl3N3O7/c1-21(2)5-4-14-50-27-18-30(39)33(31(40)19-27)36(47)42-25-11-8-22(9-12-25)16-32(37(48)49)43-35(46)28-13-10-24(17-29(28)38)34(45)41-20-23-6-3-7-26(44)15-23/h3,6-13,15,17-19,21,32,44H,4-5,14,16,20H2,1-2H3,(H,41,45)(H,42,47)(H,43,46)(H,48,49)/t32-/m0/s1. The maximum atomic E-state index is 13.0. The highest BCUT2D eigenvalue weighted by atomic mass is 35.5. The lowest BCUT2D eigenvalue weighted by atomic mass is 10.0. The van der Waals surface area contributed by atoms with Crippen molar-refractivity contribution < 1.29 is 34.1 Å². The van der Waals surface area contributed by atoms with E-state index in [9.17, 15) is 29.4 Å². The number of anilines is 1. The third kappa shape index (κ3) is 10.9. The number of aromatic hydroxyl groups is 1. The van der Waals surface area contributed by atoms with Crippen molar-refractivity contribution in [2.75, 3.05) is 11.9 Å². The van der Waals surface area contributed by atoms with E-state index in [-0.39, 0.29) is 50.5 Å². The third-order valence-corrected chi connectivity index (χ3v) is 8.44. The van der Waals surface area contributed by atoms with Gasteiger partial charge in [-0.1, -0.05) is 72.9 Å². The molecule has 4 aromatic rings. The highest BCUT2D eigenvalue weighted by Gasteiger charge is 2.23.